The first-order valence-electron chi connectivity index (χ1n) is 7.50. The number of nitrogens with zero attached hydrogens (tertiary/aromatic N) is 3. The molecule has 140 valence electrons. The van der Waals surface area contributed by atoms with Crippen molar-refractivity contribution in [2.24, 2.45) is 5.10 Å². The number of aromatic nitrogens is 2. The summed E-state index contributed by atoms with van der Waals surface area (Å²) in [4.78, 5) is 12.8. The van der Waals surface area contributed by atoms with Gasteiger partial charge in [0.2, 0.25) is 0 Å². The maximum atomic E-state index is 11.9. The number of hydrogen-bond donors (Lipinski definition) is 1. The number of rotatable bonds is 8. The number of halogens is 2. The molecule has 0 saturated heterocycles. The van der Waals surface area contributed by atoms with Gasteiger partial charge in [0.05, 0.1) is 15.8 Å². The Balaban J connectivity index is 1.41. The largest absolute Gasteiger partial charge is 0.272 e. The Morgan fingerprint density at radius 2 is 1.96 bits per heavy atom. The highest BCUT2D eigenvalue weighted by Gasteiger charge is 2.09. The molecule has 0 radical (unpaired) electrons. The van der Waals surface area contributed by atoms with E-state index >= 15 is 0 Å². The molecule has 27 heavy (non-hydrogen) atoms. The molecule has 3 rings (SSSR count). The summed E-state index contributed by atoms with van der Waals surface area (Å²) in [5, 5.41) is 12.9. The number of carbonyl (C=O) groups is 1. The lowest BCUT2D eigenvalue weighted by Gasteiger charge is -2.00. The number of carbonyl (C=O) groups excluding carboxylic acids is 1. The molecule has 0 spiro atoms. The number of thioether (sulfide) groups is 2. The molecule has 2 aromatic heterocycles. The van der Waals surface area contributed by atoms with Gasteiger partial charge in [0.25, 0.3) is 5.91 Å². The van der Waals surface area contributed by atoms with Crippen LogP contribution in [0.2, 0.25) is 5.02 Å². The third-order valence-corrected chi connectivity index (χ3v) is 8.16. The van der Waals surface area contributed by atoms with E-state index in [4.69, 9.17) is 11.6 Å². The molecule has 0 saturated carbocycles. The lowest BCUT2D eigenvalue weighted by atomic mass is 10.2. The fraction of sp³-hybridized carbons (Fsp3) is 0.125. The van der Waals surface area contributed by atoms with Crippen LogP contribution in [0.1, 0.15) is 10.4 Å². The second-order valence-corrected chi connectivity index (χ2v) is 11.3. The molecule has 0 aliphatic heterocycles. The van der Waals surface area contributed by atoms with Gasteiger partial charge in [0.1, 0.15) is 0 Å². The zero-order valence-electron chi connectivity index (χ0n) is 13.6. The first-order chi connectivity index (χ1) is 13.1. The topological polar surface area (TPSA) is 67.2 Å². The summed E-state index contributed by atoms with van der Waals surface area (Å²) in [6.07, 6.45) is 1.62. The Labute approximate surface area is 186 Å². The molecule has 1 amide bonds. The second kappa shape index (κ2) is 10.6. The Morgan fingerprint density at radius 3 is 2.70 bits per heavy atom. The number of nitrogens with one attached hydrogen (secondary N) is 1. The molecule has 2 heterocycles. The van der Waals surface area contributed by atoms with Crippen LogP contribution >= 0.6 is 73.7 Å². The minimum absolute atomic E-state index is 0.188. The number of hydrogen-bond acceptors (Lipinski definition) is 8. The molecule has 0 fully saturated rings. The highest BCUT2D eigenvalue weighted by molar-refractivity contribution is 9.11. The van der Waals surface area contributed by atoms with E-state index in [0.29, 0.717) is 0 Å². The average Bonchev–Trinajstić information content (AvgIpc) is 3.28. The van der Waals surface area contributed by atoms with Gasteiger partial charge in [0.15, 0.2) is 8.68 Å². The highest BCUT2D eigenvalue weighted by Crippen LogP contribution is 2.32. The van der Waals surface area contributed by atoms with Gasteiger partial charge in [-0.15, -0.1) is 21.5 Å². The predicted octanol–water partition coefficient (Wildman–Crippen LogP) is 5.55. The van der Waals surface area contributed by atoms with Crippen LogP contribution < -0.4 is 5.43 Å². The third kappa shape index (κ3) is 6.88. The summed E-state index contributed by atoms with van der Waals surface area (Å²) in [5.74, 6) is 0.773. The summed E-state index contributed by atoms with van der Waals surface area (Å²) >= 11 is 15.5. The van der Waals surface area contributed by atoms with Gasteiger partial charge in [-0.25, -0.2) is 5.43 Å². The van der Waals surface area contributed by atoms with Crippen LogP contribution in [0.5, 0.6) is 0 Å². The van der Waals surface area contributed by atoms with E-state index in [1.165, 1.54) is 34.4 Å². The predicted molar refractivity (Wildman–Crippen MR) is 119 cm³/mol. The Hall–Kier alpha value is -0.910. The minimum Gasteiger partial charge on any atom is -0.272 e. The maximum Gasteiger partial charge on any atom is 0.250 e. The van der Waals surface area contributed by atoms with Crippen molar-refractivity contribution in [3.63, 3.8) is 0 Å². The van der Waals surface area contributed by atoms with Crippen molar-refractivity contribution in [2.75, 3.05) is 5.75 Å². The molecule has 0 bridgehead atoms. The van der Waals surface area contributed by atoms with Crippen LogP contribution in [0.3, 0.4) is 0 Å². The summed E-state index contributed by atoms with van der Waals surface area (Å²) in [6.45, 7) is 0. The van der Waals surface area contributed by atoms with E-state index in [2.05, 4.69) is 36.7 Å². The molecule has 0 aliphatic carbocycles. The lowest BCUT2D eigenvalue weighted by Crippen LogP contribution is -2.19. The van der Waals surface area contributed by atoms with E-state index in [-0.39, 0.29) is 11.7 Å². The number of benzene rings is 1. The molecule has 0 atom stereocenters. The van der Waals surface area contributed by atoms with E-state index in [9.17, 15) is 4.79 Å². The number of thiophene rings is 1. The molecule has 11 heteroatoms. The molecule has 0 aliphatic rings. The smallest absolute Gasteiger partial charge is 0.250 e. The summed E-state index contributed by atoms with van der Waals surface area (Å²) < 4.78 is 2.61. The van der Waals surface area contributed by atoms with Gasteiger partial charge in [-0.3, -0.25) is 4.79 Å². The highest BCUT2D eigenvalue weighted by atomic mass is 79.9. The number of hydrazone groups is 1. The third-order valence-electron chi connectivity index (χ3n) is 3.00. The molecule has 1 aromatic carbocycles. The fourth-order valence-electron chi connectivity index (χ4n) is 1.79. The lowest BCUT2D eigenvalue weighted by molar-refractivity contribution is -0.118. The molecular weight excluding hydrogens is 508 g/mol. The molecule has 3 aromatic rings. The summed E-state index contributed by atoms with van der Waals surface area (Å²) in [7, 11) is 0. The van der Waals surface area contributed by atoms with E-state index in [1.807, 2.05) is 36.4 Å². The van der Waals surface area contributed by atoms with Crippen molar-refractivity contribution in [1.82, 2.24) is 15.6 Å². The van der Waals surface area contributed by atoms with E-state index in [1.54, 1.807) is 18.0 Å². The summed E-state index contributed by atoms with van der Waals surface area (Å²) in [5.41, 5.74) is 3.57. The first-order valence-corrected chi connectivity index (χ1v) is 12.3. The van der Waals surface area contributed by atoms with Crippen molar-refractivity contribution in [2.45, 2.75) is 14.4 Å². The fourth-order valence-corrected chi connectivity index (χ4v) is 6.19. The van der Waals surface area contributed by atoms with Crippen LogP contribution in [0.25, 0.3) is 0 Å². The molecular formula is C16H12BrClN4OS4. The van der Waals surface area contributed by atoms with Crippen molar-refractivity contribution < 1.29 is 4.79 Å². The van der Waals surface area contributed by atoms with Gasteiger partial charge >= 0.3 is 0 Å². The van der Waals surface area contributed by atoms with E-state index < -0.39 is 0 Å². The van der Waals surface area contributed by atoms with Crippen molar-refractivity contribution >= 4 is 85.9 Å². The van der Waals surface area contributed by atoms with Crippen molar-refractivity contribution in [1.29, 1.82) is 0 Å². The number of amides is 1. The molecule has 5 nitrogen and oxygen atoms in total. The SMILES string of the molecule is O=C(CSc1nnc(SCc2ccccc2Cl)s1)N/N=C\c1ccc(Br)s1. The zero-order valence-corrected chi connectivity index (χ0v) is 19.2. The van der Waals surface area contributed by atoms with Crippen LogP contribution in [-0.2, 0) is 10.5 Å². The molecule has 0 unspecified atom stereocenters. The monoisotopic (exact) mass is 518 g/mol. The van der Waals surface area contributed by atoms with Crippen LogP contribution in [-0.4, -0.2) is 28.1 Å². The van der Waals surface area contributed by atoms with Crippen molar-refractivity contribution in [3.8, 4) is 0 Å². The van der Waals surface area contributed by atoms with Crippen LogP contribution in [0.4, 0.5) is 0 Å². The maximum absolute atomic E-state index is 11.9. The Morgan fingerprint density at radius 1 is 1.19 bits per heavy atom. The van der Waals surface area contributed by atoms with Gasteiger partial charge in [-0.05, 0) is 39.7 Å². The Kier molecular flexibility index (Phi) is 8.16. The van der Waals surface area contributed by atoms with Gasteiger partial charge in [-0.1, -0.05) is 64.7 Å². The second-order valence-electron chi connectivity index (χ2n) is 4.94. The Bertz CT molecular complexity index is 946. The van der Waals surface area contributed by atoms with Gasteiger partial charge in [0, 0.05) is 15.7 Å². The van der Waals surface area contributed by atoms with Gasteiger partial charge < -0.3 is 0 Å². The van der Waals surface area contributed by atoms with Crippen LogP contribution in [0, 0.1) is 0 Å². The molecule has 1 N–H and O–H groups in total. The van der Waals surface area contributed by atoms with E-state index in [0.717, 1.165) is 33.7 Å². The standard InChI is InChI=1S/C16H12BrClN4OS4/c17-13-6-5-11(26-13)7-19-20-14(23)9-25-16-22-21-15(27-16)24-8-10-3-1-2-4-12(10)18/h1-7H,8-9H2,(H,20,23)/b19-7-. The normalized spacial score (nSPS) is 11.2. The average molecular weight is 520 g/mol. The first kappa shape index (κ1) is 20.8. The quantitative estimate of drug-likeness (QED) is 0.240. The summed E-state index contributed by atoms with van der Waals surface area (Å²) in [6, 6.07) is 11.6. The van der Waals surface area contributed by atoms with Gasteiger partial charge in [-0.2, -0.15) is 5.10 Å². The zero-order chi connectivity index (χ0) is 19.1. The minimum atomic E-state index is -0.188. The van der Waals surface area contributed by atoms with Crippen LogP contribution in [0.15, 0.2) is 54.0 Å². The van der Waals surface area contributed by atoms with Crippen molar-refractivity contribution in [3.05, 3.63) is 55.6 Å².